The number of ketones is 1. The number of thiazole rings is 1. The number of methoxy groups -OCH3 is 2. The number of hydrogen-bond acceptors (Lipinski definition) is 7. The second kappa shape index (κ2) is 9.71. The van der Waals surface area contributed by atoms with Gasteiger partial charge in [-0.25, -0.2) is 4.98 Å². The second-order valence-electron chi connectivity index (χ2n) is 8.77. The molecule has 5 rings (SSSR count). The summed E-state index contributed by atoms with van der Waals surface area (Å²) >= 11 is 1.33. The van der Waals surface area contributed by atoms with Crippen LogP contribution in [0, 0.1) is 6.92 Å². The molecule has 0 radical (unpaired) electrons. The SMILES string of the molecule is CCc1ccc2nc(N3C(=O)C(=O)/C(=C(/O)c4ccc(C)cc4)[C@@H]3c3cccc(OC)c3OC)sc2c1. The van der Waals surface area contributed by atoms with Crippen molar-refractivity contribution in [2.75, 3.05) is 19.1 Å². The summed E-state index contributed by atoms with van der Waals surface area (Å²) < 4.78 is 12.1. The molecule has 0 bridgehead atoms. The smallest absolute Gasteiger partial charge is 0.301 e. The molecule has 0 unspecified atom stereocenters. The standard InChI is InChI=1S/C29H26N2O5S/c1-5-17-11-14-20-22(15-17)37-29(30-20)31-24(19-7-6-8-21(35-3)27(19)36-4)23(26(33)28(31)34)25(32)18-12-9-16(2)10-13-18/h6-15,24,32H,5H2,1-4H3/b25-23+/t24-/m0/s1. The van der Waals surface area contributed by atoms with E-state index in [2.05, 4.69) is 6.92 Å². The van der Waals surface area contributed by atoms with Crippen LogP contribution in [0.2, 0.25) is 0 Å². The molecule has 1 aliphatic rings. The first-order valence-electron chi connectivity index (χ1n) is 11.9. The monoisotopic (exact) mass is 514 g/mol. The molecule has 1 saturated heterocycles. The molecule has 1 atom stereocenters. The van der Waals surface area contributed by atoms with Gasteiger partial charge in [-0.1, -0.05) is 66.3 Å². The zero-order chi connectivity index (χ0) is 26.3. The lowest BCUT2D eigenvalue weighted by atomic mass is 9.94. The number of aryl methyl sites for hydroxylation is 2. The quantitative estimate of drug-likeness (QED) is 0.198. The van der Waals surface area contributed by atoms with Crippen LogP contribution in [0.4, 0.5) is 5.13 Å². The summed E-state index contributed by atoms with van der Waals surface area (Å²) in [6.45, 7) is 4.00. The van der Waals surface area contributed by atoms with Gasteiger partial charge in [-0.3, -0.25) is 14.5 Å². The summed E-state index contributed by atoms with van der Waals surface area (Å²) in [5, 5.41) is 11.7. The summed E-state index contributed by atoms with van der Waals surface area (Å²) in [7, 11) is 3.02. The molecule has 1 aliphatic heterocycles. The lowest BCUT2D eigenvalue weighted by Crippen LogP contribution is -2.29. The number of rotatable bonds is 6. The predicted molar refractivity (Wildman–Crippen MR) is 145 cm³/mol. The van der Waals surface area contributed by atoms with Gasteiger partial charge in [0.1, 0.15) is 11.8 Å². The molecule has 188 valence electrons. The Hall–Kier alpha value is -4.17. The van der Waals surface area contributed by atoms with Gasteiger partial charge in [0.25, 0.3) is 5.78 Å². The molecular formula is C29H26N2O5S. The van der Waals surface area contributed by atoms with E-state index in [9.17, 15) is 14.7 Å². The Labute approximate surface area is 218 Å². The number of ether oxygens (including phenoxy) is 2. The van der Waals surface area contributed by atoms with Gasteiger partial charge in [0, 0.05) is 11.1 Å². The van der Waals surface area contributed by atoms with E-state index in [0.717, 1.165) is 27.8 Å². The number of aliphatic hydroxyl groups is 1. The molecule has 3 aromatic carbocycles. The molecule has 8 heteroatoms. The molecule has 4 aromatic rings. The summed E-state index contributed by atoms with van der Waals surface area (Å²) in [5.74, 6) is -1.01. The predicted octanol–water partition coefficient (Wildman–Crippen LogP) is 5.81. The molecule has 1 N–H and O–H groups in total. The zero-order valence-corrected chi connectivity index (χ0v) is 21.8. The van der Waals surface area contributed by atoms with Crippen LogP contribution in [0.25, 0.3) is 16.0 Å². The average molecular weight is 515 g/mol. The van der Waals surface area contributed by atoms with E-state index >= 15 is 0 Å². The molecular weight excluding hydrogens is 488 g/mol. The Bertz CT molecular complexity index is 1550. The molecule has 0 aliphatic carbocycles. The van der Waals surface area contributed by atoms with E-state index in [1.165, 1.54) is 30.5 Å². The highest BCUT2D eigenvalue weighted by Gasteiger charge is 2.49. The average Bonchev–Trinajstić information content (AvgIpc) is 3.45. The van der Waals surface area contributed by atoms with Crippen LogP contribution in [-0.2, 0) is 16.0 Å². The van der Waals surface area contributed by atoms with Crippen LogP contribution in [0.15, 0.2) is 66.2 Å². The Morgan fingerprint density at radius 2 is 1.81 bits per heavy atom. The van der Waals surface area contributed by atoms with E-state index in [0.29, 0.717) is 27.8 Å². The van der Waals surface area contributed by atoms with Crippen molar-refractivity contribution in [1.82, 2.24) is 4.98 Å². The van der Waals surface area contributed by atoms with Gasteiger partial charge < -0.3 is 14.6 Å². The number of hydrogen-bond donors (Lipinski definition) is 1. The van der Waals surface area contributed by atoms with E-state index in [4.69, 9.17) is 14.5 Å². The zero-order valence-electron chi connectivity index (χ0n) is 20.9. The first kappa shape index (κ1) is 24.5. The highest BCUT2D eigenvalue weighted by atomic mass is 32.1. The number of para-hydroxylation sites is 1. The minimum Gasteiger partial charge on any atom is -0.507 e. The summed E-state index contributed by atoms with van der Waals surface area (Å²) in [6.07, 6.45) is 0.866. The number of nitrogens with zero attached hydrogens (tertiary/aromatic N) is 2. The lowest BCUT2D eigenvalue weighted by Gasteiger charge is -2.25. The van der Waals surface area contributed by atoms with Crippen LogP contribution < -0.4 is 14.4 Å². The van der Waals surface area contributed by atoms with Gasteiger partial charge >= 0.3 is 5.91 Å². The topological polar surface area (TPSA) is 89.0 Å². The fourth-order valence-electron chi connectivity index (χ4n) is 4.60. The summed E-state index contributed by atoms with van der Waals surface area (Å²) in [6, 6.07) is 17.4. The lowest BCUT2D eigenvalue weighted by molar-refractivity contribution is -0.132. The Balaban J connectivity index is 1.77. The van der Waals surface area contributed by atoms with E-state index < -0.39 is 17.7 Å². The van der Waals surface area contributed by atoms with Crippen LogP contribution >= 0.6 is 11.3 Å². The van der Waals surface area contributed by atoms with Crippen LogP contribution in [-0.4, -0.2) is 36.0 Å². The number of amides is 1. The molecule has 0 spiro atoms. The van der Waals surface area contributed by atoms with Gasteiger partial charge in [0.2, 0.25) is 0 Å². The molecule has 1 fully saturated rings. The maximum absolute atomic E-state index is 13.6. The van der Waals surface area contributed by atoms with Gasteiger partial charge in [0.15, 0.2) is 16.6 Å². The first-order chi connectivity index (χ1) is 17.9. The fourth-order valence-corrected chi connectivity index (χ4v) is 5.65. The van der Waals surface area contributed by atoms with Crippen LogP contribution in [0.3, 0.4) is 0 Å². The third-order valence-corrected chi connectivity index (χ3v) is 7.57. The van der Waals surface area contributed by atoms with E-state index in [1.54, 1.807) is 30.3 Å². The molecule has 2 heterocycles. The molecule has 37 heavy (non-hydrogen) atoms. The minimum atomic E-state index is -0.974. The van der Waals surface area contributed by atoms with Crippen molar-refractivity contribution in [2.24, 2.45) is 0 Å². The maximum atomic E-state index is 13.6. The van der Waals surface area contributed by atoms with Crippen molar-refractivity contribution in [3.05, 3.63) is 88.5 Å². The number of benzene rings is 3. The molecule has 1 aromatic heterocycles. The van der Waals surface area contributed by atoms with Gasteiger partial charge in [-0.2, -0.15) is 0 Å². The normalized spacial score (nSPS) is 17.0. The number of anilines is 1. The Kier molecular flexibility index (Phi) is 6.43. The first-order valence-corrected chi connectivity index (χ1v) is 12.7. The minimum absolute atomic E-state index is 0.0334. The third-order valence-electron chi connectivity index (χ3n) is 6.55. The summed E-state index contributed by atoms with van der Waals surface area (Å²) in [5.41, 5.74) is 3.79. The number of fused-ring (bicyclic) bond motifs is 1. The van der Waals surface area contributed by atoms with Crippen molar-refractivity contribution in [3.8, 4) is 11.5 Å². The number of aromatic nitrogens is 1. The van der Waals surface area contributed by atoms with E-state index in [-0.39, 0.29) is 11.3 Å². The van der Waals surface area contributed by atoms with Gasteiger partial charge in [0.05, 0.1) is 30.0 Å². The maximum Gasteiger partial charge on any atom is 0.301 e. The number of carbonyl (C=O) groups is 2. The van der Waals surface area contributed by atoms with Crippen molar-refractivity contribution in [2.45, 2.75) is 26.3 Å². The molecule has 1 amide bonds. The largest absolute Gasteiger partial charge is 0.507 e. The number of aliphatic hydroxyl groups excluding tert-OH is 1. The number of Topliss-reactive ketones (excluding diaryl/α,β-unsaturated/α-hetero) is 1. The highest BCUT2D eigenvalue weighted by Crippen LogP contribution is 2.48. The van der Waals surface area contributed by atoms with Crippen molar-refractivity contribution in [1.29, 1.82) is 0 Å². The Morgan fingerprint density at radius 1 is 1.05 bits per heavy atom. The number of carbonyl (C=O) groups excluding carboxylic acids is 2. The fraction of sp³-hybridized carbons (Fsp3) is 0.207. The highest BCUT2D eigenvalue weighted by molar-refractivity contribution is 7.22. The van der Waals surface area contributed by atoms with Crippen molar-refractivity contribution < 1.29 is 24.2 Å². The van der Waals surface area contributed by atoms with Gasteiger partial charge in [-0.05, 0) is 37.1 Å². The molecule has 0 saturated carbocycles. The van der Waals surface area contributed by atoms with Crippen LogP contribution in [0.1, 0.15) is 35.2 Å². The third kappa shape index (κ3) is 4.13. The molecule has 7 nitrogen and oxygen atoms in total. The van der Waals surface area contributed by atoms with Crippen molar-refractivity contribution in [3.63, 3.8) is 0 Å². The Morgan fingerprint density at radius 3 is 2.49 bits per heavy atom. The van der Waals surface area contributed by atoms with Gasteiger partial charge in [-0.15, -0.1) is 0 Å². The second-order valence-corrected chi connectivity index (χ2v) is 9.78. The van der Waals surface area contributed by atoms with E-state index in [1.807, 2.05) is 37.3 Å². The van der Waals surface area contributed by atoms with Crippen LogP contribution in [0.5, 0.6) is 11.5 Å². The summed E-state index contributed by atoms with van der Waals surface area (Å²) in [4.78, 5) is 33.1. The van der Waals surface area contributed by atoms with Crippen molar-refractivity contribution >= 4 is 44.1 Å².